The number of ether oxygens (including phenoxy) is 2. The number of benzene rings is 4. The Morgan fingerprint density at radius 3 is 2.12 bits per heavy atom. The van der Waals surface area contributed by atoms with E-state index in [0.717, 1.165) is 15.4 Å². The molecule has 4 aromatic carbocycles. The van der Waals surface area contributed by atoms with E-state index in [1.165, 1.54) is 61.6 Å². The smallest absolute Gasteiger partial charge is 0.264 e. The van der Waals surface area contributed by atoms with Gasteiger partial charge in [-0.3, -0.25) is 13.9 Å². The largest absolute Gasteiger partial charge is 0.497 e. The van der Waals surface area contributed by atoms with Crippen LogP contribution in [-0.2, 0) is 32.6 Å². The van der Waals surface area contributed by atoms with Crippen LogP contribution >= 0.6 is 0 Å². The Balaban J connectivity index is 1.86. The first-order valence-corrected chi connectivity index (χ1v) is 17.0. The summed E-state index contributed by atoms with van der Waals surface area (Å²) in [4.78, 5) is 29.9. The third-order valence-electron chi connectivity index (χ3n) is 7.76. The van der Waals surface area contributed by atoms with E-state index in [0.29, 0.717) is 17.9 Å². The zero-order valence-corrected chi connectivity index (χ0v) is 28.7. The zero-order chi connectivity index (χ0) is 34.8. The number of amides is 2. The lowest BCUT2D eigenvalue weighted by Crippen LogP contribution is -2.53. The monoisotopic (exact) mass is 675 g/mol. The van der Waals surface area contributed by atoms with Crippen molar-refractivity contribution in [2.75, 3.05) is 31.6 Å². The molecule has 9 nitrogen and oxygen atoms in total. The number of rotatable bonds is 15. The minimum absolute atomic E-state index is 0.0358. The van der Waals surface area contributed by atoms with E-state index in [1.807, 2.05) is 51.1 Å². The summed E-state index contributed by atoms with van der Waals surface area (Å²) in [7, 11) is -1.51. The van der Waals surface area contributed by atoms with Gasteiger partial charge in [-0.05, 0) is 60.4 Å². The van der Waals surface area contributed by atoms with Gasteiger partial charge in [-0.25, -0.2) is 12.8 Å². The summed E-state index contributed by atoms with van der Waals surface area (Å²) in [5.41, 5.74) is 2.30. The van der Waals surface area contributed by atoms with Gasteiger partial charge >= 0.3 is 0 Å². The van der Waals surface area contributed by atoms with Crippen LogP contribution in [0.15, 0.2) is 102 Å². The summed E-state index contributed by atoms with van der Waals surface area (Å²) in [5, 5.41) is 2.95. The number of sulfonamides is 1. The van der Waals surface area contributed by atoms with Gasteiger partial charge in [0.15, 0.2) is 0 Å². The number of carbonyl (C=O) groups is 2. The molecule has 0 aliphatic carbocycles. The Morgan fingerprint density at radius 2 is 1.52 bits per heavy atom. The zero-order valence-electron chi connectivity index (χ0n) is 27.9. The van der Waals surface area contributed by atoms with E-state index in [4.69, 9.17) is 9.47 Å². The van der Waals surface area contributed by atoms with Crippen LogP contribution in [0.2, 0.25) is 0 Å². The molecular formula is C37H42FN3O6S. The quantitative estimate of drug-likeness (QED) is 0.172. The number of halogens is 1. The lowest BCUT2D eigenvalue weighted by molar-refractivity contribution is -0.140. The van der Waals surface area contributed by atoms with Crippen LogP contribution in [0.3, 0.4) is 0 Å². The maximum Gasteiger partial charge on any atom is 0.264 e. The highest BCUT2D eigenvalue weighted by Gasteiger charge is 2.36. The predicted octanol–water partition coefficient (Wildman–Crippen LogP) is 5.76. The van der Waals surface area contributed by atoms with E-state index in [-0.39, 0.29) is 35.2 Å². The fourth-order valence-electron chi connectivity index (χ4n) is 5.11. The van der Waals surface area contributed by atoms with Crippen molar-refractivity contribution in [1.82, 2.24) is 10.2 Å². The number of methoxy groups -OCH3 is 2. The van der Waals surface area contributed by atoms with Gasteiger partial charge < -0.3 is 19.7 Å². The average molecular weight is 676 g/mol. The molecule has 48 heavy (non-hydrogen) atoms. The predicted molar refractivity (Wildman–Crippen MR) is 184 cm³/mol. The van der Waals surface area contributed by atoms with Crippen LogP contribution in [0.5, 0.6) is 11.5 Å². The third kappa shape index (κ3) is 9.13. The molecule has 0 spiro atoms. The first-order chi connectivity index (χ1) is 22.9. The Kier molecular flexibility index (Phi) is 12.2. The van der Waals surface area contributed by atoms with Crippen molar-refractivity contribution in [3.05, 3.63) is 120 Å². The molecule has 0 saturated heterocycles. The SMILES string of the molecule is COc1ccc(OC)c(N(CC(=O)N(Cc2ccc(F)cc2)C(Cc2ccccc2)C(=O)NCC(C)C)S(=O)(=O)c2ccc(C)cc2)c1. The average Bonchev–Trinajstić information content (AvgIpc) is 3.08. The molecule has 0 bridgehead atoms. The maximum atomic E-state index is 14.7. The van der Waals surface area contributed by atoms with E-state index < -0.39 is 40.2 Å². The van der Waals surface area contributed by atoms with Crippen LogP contribution < -0.4 is 19.1 Å². The molecule has 0 aliphatic heterocycles. The van der Waals surface area contributed by atoms with Crippen molar-refractivity contribution in [3.8, 4) is 11.5 Å². The number of aryl methyl sites for hydroxylation is 1. The first kappa shape index (κ1) is 35.9. The van der Waals surface area contributed by atoms with Crippen molar-refractivity contribution >= 4 is 27.5 Å². The number of hydrogen-bond donors (Lipinski definition) is 1. The lowest BCUT2D eigenvalue weighted by Gasteiger charge is -2.34. The van der Waals surface area contributed by atoms with Crippen molar-refractivity contribution in [3.63, 3.8) is 0 Å². The molecule has 4 rings (SSSR count). The minimum Gasteiger partial charge on any atom is -0.497 e. The summed E-state index contributed by atoms with van der Waals surface area (Å²) < 4.78 is 54.6. The highest BCUT2D eigenvalue weighted by Crippen LogP contribution is 2.36. The molecule has 2 amide bonds. The molecule has 1 unspecified atom stereocenters. The Morgan fingerprint density at radius 1 is 0.854 bits per heavy atom. The van der Waals surface area contributed by atoms with Crippen LogP contribution in [0.4, 0.5) is 10.1 Å². The number of nitrogens with zero attached hydrogens (tertiary/aromatic N) is 2. The van der Waals surface area contributed by atoms with Gasteiger partial charge in [-0.15, -0.1) is 0 Å². The van der Waals surface area contributed by atoms with Crippen molar-refractivity contribution in [2.24, 2.45) is 5.92 Å². The highest BCUT2D eigenvalue weighted by molar-refractivity contribution is 7.92. The van der Waals surface area contributed by atoms with E-state index in [1.54, 1.807) is 24.3 Å². The first-order valence-electron chi connectivity index (χ1n) is 15.6. The maximum absolute atomic E-state index is 14.7. The molecule has 0 saturated carbocycles. The summed E-state index contributed by atoms with van der Waals surface area (Å²) in [6, 6.07) is 24.8. The second-order valence-electron chi connectivity index (χ2n) is 11.9. The number of carbonyl (C=O) groups excluding carboxylic acids is 2. The highest BCUT2D eigenvalue weighted by atomic mass is 32.2. The molecule has 1 N–H and O–H groups in total. The fourth-order valence-corrected chi connectivity index (χ4v) is 6.52. The summed E-state index contributed by atoms with van der Waals surface area (Å²) in [6.07, 6.45) is 0.158. The molecule has 0 heterocycles. The van der Waals surface area contributed by atoms with Gasteiger partial charge in [0, 0.05) is 25.6 Å². The molecule has 0 radical (unpaired) electrons. The molecule has 0 aromatic heterocycles. The molecule has 11 heteroatoms. The van der Waals surface area contributed by atoms with Gasteiger partial charge in [-0.2, -0.15) is 0 Å². The summed E-state index contributed by atoms with van der Waals surface area (Å²) >= 11 is 0. The van der Waals surface area contributed by atoms with Crippen molar-refractivity contribution in [1.29, 1.82) is 0 Å². The second kappa shape index (κ2) is 16.3. The van der Waals surface area contributed by atoms with E-state index >= 15 is 0 Å². The van der Waals surface area contributed by atoms with Crippen LogP contribution in [-0.4, -0.2) is 58.5 Å². The van der Waals surface area contributed by atoms with Crippen molar-refractivity contribution < 1.29 is 31.9 Å². The molecule has 1 atom stereocenters. The van der Waals surface area contributed by atoms with E-state index in [2.05, 4.69) is 5.32 Å². The molecule has 0 aliphatic rings. The van der Waals surface area contributed by atoms with Gasteiger partial charge in [0.2, 0.25) is 11.8 Å². The molecule has 4 aromatic rings. The number of nitrogens with one attached hydrogen (secondary N) is 1. The van der Waals surface area contributed by atoms with Crippen LogP contribution in [0, 0.1) is 18.7 Å². The van der Waals surface area contributed by atoms with Crippen LogP contribution in [0.1, 0.15) is 30.5 Å². The number of hydrogen-bond acceptors (Lipinski definition) is 6. The topological polar surface area (TPSA) is 105 Å². The standard InChI is InChI=1S/C37H42FN3O6S/c1-26(2)23-39-37(43)34(21-28-9-7-6-8-10-28)40(24-29-13-15-30(38)16-14-29)36(42)25-41(33-22-31(46-4)17-20-35(33)47-5)48(44,45)32-18-11-27(3)12-19-32/h6-20,22,26,34H,21,23-25H2,1-5H3,(H,39,43). The van der Waals surface area contributed by atoms with Gasteiger partial charge in [0.05, 0.1) is 24.8 Å². The third-order valence-corrected chi connectivity index (χ3v) is 9.54. The van der Waals surface area contributed by atoms with Gasteiger partial charge in [0.1, 0.15) is 29.9 Å². The molecular weight excluding hydrogens is 633 g/mol. The fraction of sp³-hybridized carbons (Fsp3) is 0.297. The Bertz CT molecular complexity index is 1780. The second-order valence-corrected chi connectivity index (χ2v) is 13.7. The normalized spacial score (nSPS) is 11.9. The Hall–Kier alpha value is -4.90. The Labute approximate surface area is 282 Å². The molecule has 254 valence electrons. The summed E-state index contributed by atoms with van der Waals surface area (Å²) in [5.74, 6) is -0.813. The molecule has 0 fully saturated rings. The summed E-state index contributed by atoms with van der Waals surface area (Å²) in [6.45, 7) is 5.38. The van der Waals surface area contributed by atoms with E-state index in [9.17, 15) is 22.4 Å². The van der Waals surface area contributed by atoms with Crippen molar-refractivity contribution in [2.45, 2.75) is 44.7 Å². The van der Waals surface area contributed by atoms with Gasteiger partial charge in [0.25, 0.3) is 10.0 Å². The van der Waals surface area contributed by atoms with Gasteiger partial charge in [-0.1, -0.05) is 74.0 Å². The van der Waals surface area contributed by atoms with Crippen LogP contribution in [0.25, 0.3) is 0 Å². The minimum atomic E-state index is -4.36. The number of anilines is 1. The lowest BCUT2D eigenvalue weighted by atomic mass is 10.0.